The molecule has 0 atom stereocenters. The summed E-state index contributed by atoms with van der Waals surface area (Å²) in [5.74, 6) is 0.710. The van der Waals surface area contributed by atoms with Crippen molar-refractivity contribution in [2.24, 2.45) is 14.1 Å². The number of nitriles is 1. The summed E-state index contributed by atoms with van der Waals surface area (Å²) in [6, 6.07) is 1.88. The van der Waals surface area contributed by atoms with E-state index in [-0.39, 0.29) is 5.56 Å². The minimum Gasteiger partial charge on any atom is -0.309 e. The van der Waals surface area contributed by atoms with Crippen LogP contribution in [0, 0.1) is 11.3 Å². The van der Waals surface area contributed by atoms with Gasteiger partial charge in [0.15, 0.2) is 0 Å². The number of hydrogen-bond acceptors (Lipinski definition) is 5. The van der Waals surface area contributed by atoms with Gasteiger partial charge in [-0.15, -0.1) is 11.8 Å². The first kappa shape index (κ1) is 14.5. The van der Waals surface area contributed by atoms with E-state index >= 15 is 0 Å². The van der Waals surface area contributed by atoms with Gasteiger partial charge in [-0.25, -0.2) is 4.79 Å². The Balaban J connectivity index is 3.23. The molecule has 1 aromatic heterocycles. The van der Waals surface area contributed by atoms with Crippen molar-refractivity contribution >= 4 is 11.8 Å². The zero-order valence-corrected chi connectivity index (χ0v) is 11.7. The highest BCUT2D eigenvalue weighted by atomic mass is 32.2. The lowest BCUT2D eigenvalue weighted by Gasteiger charge is -2.12. The minimum absolute atomic E-state index is 0.0309. The summed E-state index contributed by atoms with van der Waals surface area (Å²) in [4.78, 5) is 25.6. The Morgan fingerprint density at radius 3 is 2.39 bits per heavy atom. The second-order valence-corrected chi connectivity index (χ2v) is 5.23. The van der Waals surface area contributed by atoms with Gasteiger partial charge in [0.25, 0.3) is 5.56 Å². The molecule has 0 N–H and O–H groups in total. The predicted molar refractivity (Wildman–Crippen MR) is 70.9 cm³/mol. The molecule has 1 aromatic rings. The lowest BCUT2D eigenvalue weighted by molar-refractivity contribution is 0.437. The average Bonchev–Trinajstić information content (AvgIpc) is 2.33. The van der Waals surface area contributed by atoms with Gasteiger partial charge in [-0.3, -0.25) is 13.9 Å². The summed E-state index contributed by atoms with van der Waals surface area (Å²) in [6.45, 7) is 0.804. The largest absolute Gasteiger partial charge is 0.331 e. The van der Waals surface area contributed by atoms with E-state index in [4.69, 9.17) is 5.26 Å². The van der Waals surface area contributed by atoms with Crippen LogP contribution in [-0.4, -0.2) is 40.4 Å². The number of rotatable bonds is 4. The van der Waals surface area contributed by atoms with Crippen LogP contribution in [0.1, 0.15) is 5.56 Å². The van der Waals surface area contributed by atoms with Gasteiger partial charge in [0.2, 0.25) is 0 Å². The van der Waals surface area contributed by atoms with Gasteiger partial charge < -0.3 is 4.90 Å². The van der Waals surface area contributed by atoms with Crippen LogP contribution in [0.3, 0.4) is 0 Å². The van der Waals surface area contributed by atoms with Crippen molar-refractivity contribution in [1.82, 2.24) is 14.0 Å². The highest BCUT2D eigenvalue weighted by molar-refractivity contribution is 7.99. The summed E-state index contributed by atoms with van der Waals surface area (Å²) < 4.78 is 2.30. The molecule has 0 spiro atoms. The van der Waals surface area contributed by atoms with Crippen molar-refractivity contribution < 1.29 is 0 Å². The maximum Gasteiger partial charge on any atom is 0.331 e. The summed E-state index contributed by atoms with van der Waals surface area (Å²) in [5, 5.41) is 9.48. The Morgan fingerprint density at radius 2 is 1.89 bits per heavy atom. The van der Waals surface area contributed by atoms with E-state index in [1.807, 2.05) is 25.1 Å². The van der Waals surface area contributed by atoms with Gasteiger partial charge in [-0.2, -0.15) is 5.26 Å². The molecule has 0 fully saturated rings. The van der Waals surface area contributed by atoms with Crippen molar-refractivity contribution in [3.8, 4) is 6.07 Å². The second-order valence-electron chi connectivity index (χ2n) is 4.15. The molecule has 0 saturated heterocycles. The molecule has 7 heteroatoms. The molecule has 0 saturated carbocycles. The van der Waals surface area contributed by atoms with E-state index < -0.39 is 11.2 Å². The Labute approximate surface area is 109 Å². The smallest absolute Gasteiger partial charge is 0.309 e. The SMILES string of the molecule is CN(C)CCSc1c(C#N)c(=O)n(C)c(=O)n1C. The van der Waals surface area contributed by atoms with E-state index in [2.05, 4.69) is 0 Å². The van der Waals surface area contributed by atoms with Crippen molar-refractivity contribution in [2.75, 3.05) is 26.4 Å². The zero-order valence-electron chi connectivity index (χ0n) is 10.9. The fourth-order valence-electron chi connectivity index (χ4n) is 1.42. The van der Waals surface area contributed by atoms with Crippen LogP contribution in [0.15, 0.2) is 14.6 Å². The maximum atomic E-state index is 11.8. The number of thioether (sulfide) groups is 1. The highest BCUT2D eigenvalue weighted by Gasteiger charge is 2.15. The topological polar surface area (TPSA) is 71.0 Å². The lowest BCUT2D eigenvalue weighted by atomic mass is 10.3. The highest BCUT2D eigenvalue weighted by Crippen LogP contribution is 2.17. The van der Waals surface area contributed by atoms with Gasteiger partial charge in [0.05, 0.1) is 0 Å². The third kappa shape index (κ3) is 2.83. The fraction of sp³-hybridized carbons (Fsp3) is 0.545. The molecule has 0 aliphatic heterocycles. The normalized spacial score (nSPS) is 10.7. The summed E-state index contributed by atoms with van der Waals surface area (Å²) in [7, 11) is 6.82. The number of hydrogen-bond donors (Lipinski definition) is 0. The Morgan fingerprint density at radius 1 is 1.28 bits per heavy atom. The number of aromatic nitrogens is 2. The molecular formula is C11H16N4O2S. The molecule has 1 heterocycles. The van der Waals surface area contributed by atoms with Gasteiger partial charge in [-0.1, -0.05) is 0 Å². The lowest BCUT2D eigenvalue weighted by Crippen LogP contribution is -2.39. The van der Waals surface area contributed by atoms with E-state index in [1.54, 1.807) is 7.05 Å². The number of nitrogens with zero attached hydrogens (tertiary/aromatic N) is 4. The van der Waals surface area contributed by atoms with E-state index in [0.717, 1.165) is 11.1 Å². The molecule has 0 radical (unpaired) electrons. The first-order chi connectivity index (χ1) is 8.40. The Kier molecular flexibility index (Phi) is 4.76. The summed E-state index contributed by atoms with van der Waals surface area (Å²) in [5.41, 5.74) is -0.914. The van der Waals surface area contributed by atoms with Crippen molar-refractivity contribution in [3.63, 3.8) is 0 Å². The van der Waals surface area contributed by atoms with Gasteiger partial charge in [0.1, 0.15) is 16.7 Å². The van der Waals surface area contributed by atoms with Gasteiger partial charge >= 0.3 is 5.69 Å². The van der Waals surface area contributed by atoms with Crippen LogP contribution in [-0.2, 0) is 14.1 Å². The van der Waals surface area contributed by atoms with Gasteiger partial charge in [0, 0.05) is 26.4 Å². The fourth-order valence-corrected chi connectivity index (χ4v) is 2.61. The van der Waals surface area contributed by atoms with Crippen LogP contribution in [0.5, 0.6) is 0 Å². The van der Waals surface area contributed by atoms with Crippen LogP contribution in [0.25, 0.3) is 0 Å². The molecule has 0 aliphatic rings. The Hall–Kier alpha value is -1.52. The maximum absolute atomic E-state index is 11.8. The van der Waals surface area contributed by atoms with E-state index in [0.29, 0.717) is 10.8 Å². The quantitative estimate of drug-likeness (QED) is 0.549. The van der Waals surface area contributed by atoms with Crippen molar-refractivity contribution in [1.29, 1.82) is 5.26 Å². The third-order valence-corrected chi connectivity index (χ3v) is 3.64. The second kappa shape index (κ2) is 5.89. The molecule has 0 aromatic carbocycles. The summed E-state index contributed by atoms with van der Waals surface area (Å²) >= 11 is 1.35. The molecule has 0 amide bonds. The molecule has 98 valence electrons. The third-order valence-electron chi connectivity index (χ3n) is 2.50. The van der Waals surface area contributed by atoms with Crippen LogP contribution < -0.4 is 11.2 Å². The molecular weight excluding hydrogens is 252 g/mol. The predicted octanol–water partition coefficient (Wildman–Crippen LogP) is -0.391. The molecule has 0 bridgehead atoms. The molecule has 1 rings (SSSR count). The van der Waals surface area contributed by atoms with Crippen molar-refractivity contribution in [2.45, 2.75) is 5.03 Å². The zero-order chi connectivity index (χ0) is 13.9. The monoisotopic (exact) mass is 268 g/mol. The van der Waals surface area contributed by atoms with E-state index in [9.17, 15) is 9.59 Å². The standard InChI is InChI=1S/C11H16N4O2S/c1-13(2)5-6-18-10-8(7-12)9(16)14(3)11(17)15(10)4/h5-6H2,1-4H3. The molecule has 0 unspecified atom stereocenters. The molecule has 18 heavy (non-hydrogen) atoms. The van der Waals surface area contributed by atoms with Crippen molar-refractivity contribution in [3.05, 3.63) is 26.4 Å². The summed E-state index contributed by atoms with van der Waals surface area (Å²) in [6.07, 6.45) is 0. The average molecular weight is 268 g/mol. The van der Waals surface area contributed by atoms with Gasteiger partial charge in [-0.05, 0) is 14.1 Å². The molecule has 0 aliphatic carbocycles. The first-order valence-corrected chi connectivity index (χ1v) is 6.36. The van der Waals surface area contributed by atoms with E-state index in [1.165, 1.54) is 23.4 Å². The molecule has 6 nitrogen and oxygen atoms in total. The first-order valence-electron chi connectivity index (χ1n) is 5.37. The van der Waals surface area contributed by atoms with Crippen LogP contribution >= 0.6 is 11.8 Å². The van der Waals surface area contributed by atoms with Crippen LogP contribution in [0.4, 0.5) is 0 Å². The Bertz CT molecular complexity index is 595. The minimum atomic E-state index is -0.534. The van der Waals surface area contributed by atoms with Crippen LogP contribution in [0.2, 0.25) is 0 Å².